The van der Waals surface area contributed by atoms with Gasteiger partial charge in [0.1, 0.15) is 0 Å². The molecule has 1 saturated heterocycles. The van der Waals surface area contributed by atoms with Gasteiger partial charge < -0.3 is 16.0 Å². The van der Waals surface area contributed by atoms with E-state index in [9.17, 15) is 4.79 Å². The molecule has 1 saturated carbocycles. The van der Waals surface area contributed by atoms with Gasteiger partial charge in [0.25, 0.3) is 0 Å². The zero-order valence-electron chi connectivity index (χ0n) is 13.8. The van der Waals surface area contributed by atoms with Crippen molar-refractivity contribution in [2.75, 3.05) is 26.2 Å². The van der Waals surface area contributed by atoms with E-state index in [1.807, 2.05) is 0 Å². The number of carbonyl (C=O) groups is 1. The second kappa shape index (κ2) is 11.5. The summed E-state index contributed by atoms with van der Waals surface area (Å²) in [5.41, 5.74) is 6.02. The summed E-state index contributed by atoms with van der Waals surface area (Å²) in [4.78, 5) is 14.5. The van der Waals surface area contributed by atoms with Gasteiger partial charge in [0.2, 0.25) is 5.91 Å². The smallest absolute Gasteiger partial charge is 0.220 e. The third-order valence-electron chi connectivity index (χ3n) is 5.00. The first-order chi connectivity index (χ1) is 9.69. The Morgan fingerprint density at radius 1 is 1.18 bits per heavy atom. The quantitative estimate of drug-likeness (QED) is 0.771. The highest BCUT2D eigenvalue weighted by Crippen LogP contribution is 2.26. The molecule has 2 rings (SSSR count). The lowest BCUT2D eigenvalue weighted by Crippen LogP contribution is -2.39. The number of likely N-dealkylation sites (tertiary alicyclic amines) is 1. The van der Waals surface area contributed by atoms with Crippen LogP contribution < -0.4 is 11.1 Å². The Morgan fingerprint density at radius 2 is 1.86 bits per heavy atom. The van der Waals surface area contributed by atoms with Crippen LogP contribution in [0.5, 0.6) is 0 Å². The summed E-state index contributed by atoms with van der Waals surface area (Å²) in [6.45, 7) is 6.71. The lowest BCUT2D eigenvalue weighted by atomic mass is 9.96. The summed E-state index contributed by atoms with van der Waals surface area (Å²) in [5.74, 6) is 1.30. The van der Waals surface area contributed by atoms with Crippen molar-refractivity contribution < 1.29 is 4.79 Å². The van der Waals surface area contributed by atoms with E-state index in [0.717, 1.165) is 19.4 Å². The molecule has 1 amide bonds. The van der Waals surface area contributed by atoms with Crippen LogP contribution in [-0.2, 0) is 4.79 Å². The maximum atomic E-state index is 12.0. The molecule has 3 N–H and O–H groups in total. The van der Waals surface area contributed by atoms with Crippen molar-refractivity contribution >= 4 is 30.7 Å². The second-order valence-electron chi connectivity index (χ2n) is 6.65. The summed E-state index contributed by atoms with van der Waals surface area (Å²) in [6.07, 6.45) is 7.73. The molecular weight excluding hydrogens is 321 g/mol. The number of amides is 1. The van der Waals surface area contributed by atoms with Crippen molar-refractivity contribution in [1.29, 1.82) is 0 Å². The van der Waals surface area contributed by atoms with Crippen LogP contribution in [0.4, 0.5) is 0 Å². The van der Waals surface area contributed by atoms with Crippen LogP contribution in [0.1, 0.15) is 51.9 Å². The highest BCUT2D eigenvalue weighted by atomic mass is 35.5. The average molecular weight is 354 g/mol. The van der Waals surface area contributed by atoms with Crippen LogP contribution in [0.3, 0.4) is 0 Å². The predicted octanol–water partition coefficient (Wildman–Crippen LogP) is 2.59. The van der Waals surface area contributed by atoms with Crippen LogP contribution in [-0.4, -0.2) is 43.0 Å². The van der Waals surface area contributed by atoms with E-state index in [1.54, 1.807) is 0 Å². The van der Waals surface area contributed by atoms with Crippen LogP contribution in [0.25, 0.3) is 0 Å². The van der Waals surface area contributed by atoms with Crippen LogP contribution >= 0.6 is 24.8 Å². The molecule has 0 bridgehead atoms. The first-order valence-corrected chi connectivity index (χ1v) is 8.43. The van der Waals surface area contributed by atoms with Gasteiger partial charge >= 0.3 is 0 Å². The lowest BCUT2D eigenvalue weighted by molar-refractivity contribution is -0.122. The van der Waals surface area contributed by atoms with E-state index in [0.29, 0.717) is 18.3 Å². The average Bonchev–Trinajstić information content (AvgIpc) is 2.84. The summed E-state index contributed by atoms with van der Waals surface area (Å²) >= 11 is 0. The van der Waals surface area contributed by atoms with Gasteiger partial charge in [-0.05, 0) is 63.6 Å². The maximum Gasteiger partial charge on any atom is 0.220 e. The molecule has 0 aromatic rings. The Bertz CT molecular complexity index is 310. The minimum Gasteiger partial charge on any atom is -0.356 e. The van der Waals surface area contributed by atoms with Gasteiger partial charge in [-0.25, -0.2) is 0 Å². The number of nitrogens with zero attached hydrogens (tertiary/aromatic N) is 1. The number of rotatable bonds is 6. The SMILES string of the molecule is CCCN1CCC(CNC(=O)C[C@@H]2CCC[C@H]2N)CC1.Cl.Cl. The van der Waals surface area contributed by atoms with E-state index in [4.69, 9.17) is 5.73 Å². The van der Waals surface area contributed by atoms with Crippen molar-refractivity contribution in [2.45, 2.75) is 57.9 Å². The lowest BCUT2D eigenvalue weighted by Gasteiger charge is -2.31. The Labute approximate surface area is 147 Å². The van der Waals surface area contributed by atoms with Gasteiger partial charge in [0, 0.05) is 19.0 Å². The molecule has 2 aliphatic rings. The summed E-state index contributed by atoms with van der Waals surface area (Å²) < 4.78 is 0. The van der Waals surface area contributed by atoms with Gasteiger partial charge in [-0.1, -0.05) is 13.3 Å². The van der Waals surface area contributed by atoms with Crippen molar-refractivity contribution in [3.63, 3.8) is 0 Å². The molecule has 1 aliphatic heterocycles. The summed E-state index contributed by atoms with van der Waals surface area (Å²) in [7, 11) is 0. The van der Waals surface area contributed by atoms with Crippen LogP contribution in [0.15, 0.2) is 0 Å². The van der Waals surface area contributed by atoms with Gasteiger partial charge in [0.15, 0.2) is 0 Å². The molecule has 2 fully saturated rings. The number of halogens is 2. The fourth-order valence-electron chi connectivity index (χ4n) is 3.62. The summed E-state index contributed by atoms with van der Waals surface area (Å²) in [6, 6.07) is 0.248. The normalized spacial score (nSPS) is 26.1. The van der Waals surface area contributed by atoms with Gasteiger partial charge in [-0.3, -0.25) is 4.79 Å². The number of carbonyl (C=O) groups excluding carboxylic acids is 1. The van der Waals surface area contributed by atoms with E-state index >= 15 is 0 Å². The number of nitrogens with one attached hydrogen (secondary N) is 1. The van der Waals surface area contributed by atoms with Gasteiger partial charge in [-0.15, -0.1) is 24.8 Å². The molecule has 6 heteroatoms. The van der Waals surface area contributed by atoms with Gasteiger partial charge in [-0.2, -0.15) is 0 Å². The zero-order valence-corrected chi connectivity index (χ0v) is 15.4. The van der Waals surface area contributed by atoms with Crippen LogP contribution in [0, 0.1) is 11.8 Å². The first kappa shape index (κ1) is 22.0. The third-order valence-corrected chi connectivity index (χ3v) is 5.00. The molecule has 132 valence electrons. The fourth-order valence-corrected chi connectivity index (χ4v) is 3.62. The standard InChI is InChI=1S/C16H31N3O.2ClH/c1-2-8-19-9-6-13(7-10-19)12-18-16(20)11-14-4-3-5-15(14)17;;/h13-15H,2-12,17H2,1H3,(H,18,20);2*1H/t14-,15+;;/m0../s1. The summed E-state index contributed by atoms with van der Waals surface area (Å²) in [5, 5.41) is 3.13. The van der Waals surface area contributed by atoms with Crippen molar-refractivity contribution in [3.05, 3.63) is 0 Å². The van der Waals surface area contributed by atoms with Crippen molar-refractivity contribution in [3.8, 4) is 0 Å². The molecule has 0 radical (unpaired) electrons. The Hall–Kier alpha value is -0.0300. The van der Waals surface area contributed by atoms with E-state index in [-0.39, 0.29) is 36.8 Å². The minimum absolute atomic E-state index is 0. The Balaban J connectivity index is 0.00000220. The monoisotopic (exact) mass is 353 g/mol. The van der Waals surface area contributed by atoms with E-state index in [2.05, 4.69) is 17.1 Å². The van der Waals surface area contributed by atoms with Crippen molar-refractivity contribution in [1.82, 2.24) is 10.2 Å². The Morgan fingerprint density at radius 3 is 2.41 bits per heavy atom. The largest absolute Gasteiger partial charge is 0.356 e. The molecule has 0 aromatic carbocycles. The molecule has 1 aliphatic carbocycles. The van der Waals surface area contributed by atoms with Gasteiger partial charge in [0.05, 0.1) is 0 Å². The predicted molar refractivity (Wildman–Crippen MR) is 96.9 cm³/mol. The highest BCUT2D eigenvalue weighted by molar-refractivity contribution is 5.85. The Kier molecular flexibility index (Phi) is 11.5. The second-order valence-corrected chi connectivity index (χ2v) is 6.65. The number of nitrogens with two attached hydrogens (primary N) is 1. The number of hydrogen-bond donors (Lipinski definition) is 2. The molecule has 0 aromatic heterocycles. The molecule has 1 heterocycles. The molecule has 2 atom stereocenters. The van der Waals surface area contributed by atoms with E-state index in [1.165, 1.54) is 45.3 Å². The molecular formula is C16H33Cl2N3O. The fraction of sp³-hybridized carbons (Fsp3) is 0.938. The molecule has 0 unspecified atom stereocenters. The minimum atomic E-state index is 0. The number of piperidine rings is 1. The third kappa shape index (κ3) is 7.03. The maximum absolute atomic E-state index is 12.0. The zero-order chi connectivity index (χ0) is 14.4. The topological polar surface area (TPSA) is 58.4 Å². The molecule has 0 spiro atoms. The van der Waals surface area contributed by atoms with E-state index < -0.39 is 0 Å². The first-order valence-electron chi connectivity index (χ1n) is 8.43. The molecule has 4 nitrogen and oxygen atoms in total. The van der Waals surface area contributed by atoms with Crippen LogP contribution in [0.2, 0.25) is 0 Å². The highest BCUT2D eigenvalue weighted by Gasteiger charge is 2.26. The van der Waals surface area contributed by atoms with Crippen molar-refractivity contribution in [2.24, 2.45) is 17.6 Å². The number of hydrogen-bond acceptors (Lipinski definition) is 3. The molecule has 22 heavy (non-hydrogen) atoms.